The zero-order chi connectivity index (χ0) is 12.4. The third-order valence-corrected chi connectivity index (χ3v) is 2.67. The predicted molar refractivity (Wildman–Crippen MR) is 65.0 cm³/mol. The highest BCUT2D eigenvalue weighted by Crippen LogP contribution is 2.26. The number of anilines is 1. The smallest absolute Gasteiger partial charge is 0.128 e. The van der Waals surface area contributed by atoms with Crippen LogP contribution in [0, 0.1) is 12.7 Å². The van der Waals surface area contributed by atoms with Gasteiger partial charge in [0.1, 0.15) is 5.82 Å². The molecule has 0 atom stereocenters. The van der Waals surface area contributed by atoms with Crippen LogP contribution in [0.2, 0.25) is 0 Å². The van der Waals surface area contributed by atoms with Gasteiger partial charge < -0.3 is 10.2 Å². The van der Waals surface area contributed by atoms with Crippen molar-refractivity contribution >= 4 is 16.6 Å². The Bertz CT molecular complexity index is 557. The van der Waals surface area contributed by atoms with E-state index < -0.39 is 0 Å². The SMILES string of the molecule is COCc1cc(NN)c2ccc(F)c(C)c2n1. The highest BCUT2D eigenvalue weighted by molar-refractivity contribution is 5.93. The van der Waals surface area contributed by atoms with Crippen LogP contribution >= 0.6 is 0 Å². The lowest BCUT2D eigenvalue weighted by atomic mass is 10.1. The number of nitrogens with one attached hydrogen (secondary N) is 1. The van der Waals surface area contributed by atoms with Crippen molar-refractivity contribution < 1.29 is 9.13 Å². The molecule has 0 spiro atoms. The first kappa shape index (κ1) is 11.8. The number of aryl methyl sites for hydroxylation is 1. The molecule has 1 heterocycles. The van der Waals surface area contributed by atoms with Gasteiger partial charge in [0.2, 0.25) is 0 Å². The standard InChI is InChI=1S/C12H14FN3O/c1-7-10(13)4-3-9-11(16-14)5-8(6-17-2)15-12(7)9/h3-5H,6,14H2,1-2H3,(H,15,16). The van der Waals surface area contributed by atoms with Gasteiger partial charge in [-0.25, -0.2) is 9.37 Å². The van der Waals surface area contributed by atoms with Crippen LogP contribution in [0.5, 0.6) is 0 Å². The summed E-state index contributed by atoms with van der Waals surface area (Å²) in [5.74, 6) is 5.18. The van der Waals surface area contributed by atoms with E-state index in [1.807, 2.05) is 0 Å². The van der Waals surface area contributed by atoms with E-state index in [0.717, 1.165) is 5.39 Å². The van der Waals surface area contributed by atoms with Crippen molar-refractivity contribution in [3.8, 4) is 0 Å². The first-order valence-corrected chi connectivity index (χ1v) is 5.21. The summed E-state index contributed by atoms with van der Waals surface area (Å²) in [6.45, 7) is 2.06. The quantitative estimate of drug-likeness (QED) is 0.632. The fourth-order valence-corrected chi connectivity index (χ4v) is 1.80. The Labute approximate surface area is 98.6 Å². The van der Waals surface area contributed by atoms with Crippen LogP contribution in [-0.2, 0) is 11.3 Å². The summed E-state index contributed by atoms with van der Waals surface area (Å²) in [7, 11) is 1.58. The van der Waals surface area contributed by atoms with E-state index in [1.54, 1.807) is 26.2 Å². The van der Waals surface area contributed by atoms with E-state index in [-0.39, 0.29) is 5.82 Å². The third-order valence-electron chi connectivity index (χ3n) is 2.67. The number of rotatable bonds is 3. The minimum absolute atomic E-state index is 0.275. The minimum Gasteiger partial charge on any atom is -0.378 e. The van der Waals surface area contributed by atoms with Crippen LogP contribution in [0.15, 0.2) is 18.2 Å². The Morgan fingerprint density at radius 1 is 1.47 bits per heavy atom. The fraction of sp³-hybridized carbons (Fsp3) is 0.250. The van der Waals surface area contributed by atoms with E-state index >= 15 is 0 Å². The molecule has 0 fully saturated rings. The van der Waals surface area contributed by atoms with Crippen LogP contribution in [0.1, 0.15) is 11.3 Å². The molecule has 17 heavy (non-hydrogen) atoms. The molecule has 0 bridgehead atoms. The van der Waals surface area contributed by atoms with Crippen LogP contribution in [0.25, 0.3) is 10.9 Å². The number of nitrogens with zero attached hydrogens (tertiary/aromatic N) is 1. The number of halogens is 1. The Balaban J connectivity index is 2.73. The topological polar surface area (TPSA) is 60.2 Å². The Morgan fingerprint density at radius 3 is 2.88 bits per heavy atom. The second kappa shape index (κ2) is 4.65. The van der Waals surface area contributed by atoms with E-state index in [4.69, 9.17) is 10.6 Å². The van der Waals surface area contributed by atoms with Crippen LogP contribution in [-0.4, -0.2) is 12.1 Å². The maximum Gasteiger partial charge on any atom is 0.128 e. The minimum atomic E-state index is -0.275. The highest BCUT2D eigenvalue weighted by atomic mass is 19.1. The molecule has 0 aliphatic heterocycles. The molecule has 0 unspecified atom stereocenters. The second-order valence-electron chi connectivity index (χ2n) is 3.81. The number of hydrogen-bond acceptors (Lipinski definition) is 4. The first-order valence-electron chi connectivity index (χ1n) is 5.21. The van der Waals surface area contributed by atoms with E-state index in [1.165, 1.54) is 6.07 Å². The number of hydrogen-bond donors (Lipinski definition) is 2. The molecule has 3 N–H and O–H groups in total. The van der Waals surface area contributed by atoms with Gasteiger partial charge in [-0.2, -0.15) is 0 Å². The molecule has 2 aromatic rings. The summed E-state index contributed by atoms with van der Waals surface area (Å²) in [5, 5.41) is 0.797. The summed E-state index contributed by atoms with van der Waals surface area (Å²) in [6, 6.07) is 4.87. The monoisotopic (exact) mass is 235 g/mol. The number of nitrogen functional groups attached to an aromatic ring is 1. The molecule has 0 aliphatic rings. The van der Waals surface area contributed by atoms with Gasteiger partial charge in [0.25, 0.3) is 0 Å². The molecule has 0 aliphatic carbocycles. The zero-order valence-corrected chi connectivity index (χ0v) is 9.75. The molecule has 5 heteroatoms. The molecule has 1 aromatic carbocycles. The summed E-state index contributed by atoms with van der Waals surface area (Å²) in [4.78, 5) is 4.37. The summed E-state index contributed by atoms with van der Waals surface area (Å²) in [6.07, 6.45) is 0. The van der Waals surface area contributed by atoms with Crippen LogP contribution in [0.4, 0.5) is 10.1 Å². The summed E-state index contributed by atoms with van der Waals surface area (Å²) in [5.41, 5.74) is 5.14. The van der Waals surface area contributed by atoms with Crippen molar-refractivity contribution in [2.75, 3.05) is 12.5 Å². The lowest BCUT2D eigenvalue weighted by molar-refractivity contribution is 0.182. The van der Waals surface area contributed by atoms with Crippen molar-refractivity contribution in [3.05, 3.63) is 35.3 Å². The van der Waals surface area contributed by atoms with Crippen LogP contribution in [0.3, 0.4) is 0 Å². The van der Waals surface area contributed by atoms with Gasteiger partial charge >= 0.3 is 0 Å². The van der Waals surface area contributed by atoms with E-state index in [2.05, 4.69) is 10.4 Å². The molecule has 0 radical (unpaired) electrons. The number of benzene rings is 1. The predicted octanol–water partition coefficient (Wildman–Crippen LogP) is 2.11. The fourth-order valence-electron chi connectivity index (χ4n) is 1.80. The molecule has 0 amide bonds. The summed E-state index contributed by atoms with van der Waals surface area (Å²) >= 11 is 0. The highest BCUT2D eigenvalue weighted by Gasteiger charge is 2.10. The number of ether oxygens (including phenoxy) is 1. The zero-order valence-electron chi connectivity index (χ0n) is 9.75. The molecular weight excluding hydrogens is 221 g/mol. The van der Waals surface area contributed by atoms with E-state index in [0.29, 0.717) is 29.1 Å². The Hall–Kier alpha value is -1.72. The molecule has 1 aromatic heterocycles. The first-order chi connectivity index (χ1) is 8.17. The van der Waals surface area contributed by atoms with Gasteiger partial charge in [0, 0.05) is 18.1 Å². The number of hydrazine groups is 1. The average molecular weight is 235 g/mol. The lowest BCUT2D eigenvalue weighted by Crippen LogP contribution is -2.09. The number of nitrogens with two attached hydrogens (primary N) is 1. The van der Waals surface area contributed by atoms with Crippen molar-refractivity contribution in [3.63, 3.8) is 0 Å². The van der Waals surface area contributed by atoms with Gasteiger partial charge in [-0.15, -0.1) is 0 Å². The number of methoxy groups -OCH3 is 1. The molecule has 2 rings (SSSR count). The van der Waals surface area contributed by atoms with Crippen molar-refractivity contribution in [2.45, 2.75) is 13.5 Å². The molecule has 90 valence electrons. The van der Waals surface area contributed by atoms with Gasteiger partial charge in [0.05, 0.1) is 23.5 Å². The van der Waals surface area contributed by atoms with Crippen molar-refractivity contribution in [1.82, 2.24) is 4.98 Å². The Kier molecular flexibility index (Phi) is 3.21. The number of pyridine rings is 1. The molecular formula is C12H14FN3O. The van der Waals surface area contributed by atoms with Gasteiger partial charge in [-0.3, -0.25) is 5.84 Å². The maximum atomic E-state index is 13.5. The molecule has 0 saturated heterocycles. The molecule has 4 nitrogen and oxygen atoms in total. The van der Waals surface area contributed by atoms with Gasteiger partial charge in [-0.05, 0) is 25.1 Å². The average Bonchev–Trinajstić information content (AvgIpc) is 2.34. The van der Waals surface area contributed by atoms with Crippen molar-refractivity contribution in [1.29, 1.82) is 0 Å². The third kappa shape index (κ3) is 2.07. The number of aromatic nitrogens is 1. The normalized spacial score (nSPS) is 10.8. The second-order valence-corrected chi connectivity index (χ2v) is 3.81. The Morgan fingerprint density at radius 2 is 2.24 bits per heavy atom. The maximum absolute atomic E-state index is 13.5. The van der Waals surface area contributed by atoms with Gasteiger partial charge in [0.15, 0.2) is 0 Å². The largest absolute Gasteiger partial charge is 0.378 e. The lowest BCUT2D eigenvalue weighted by Gasteiger charge is -2.10. The van der Waals surface area contributed by atoms with E-state index in [9.17, 15) is 4.39 Å². The van der Waals surface area contributed by atoms with Crippen molar-refractivity contribution in [2.24, 2.45) is 5.84 Å². The summed E-state index contributed by atoms with van der Waals surface area (Å²) < 4.78 is 18.5. The van der Waals surface area contributed by atoms with Crippen LogP contribution < -0.4 is 11.3 Å². The molecule has 0 saturated carbocycles. The number of fused-ring (bicyclic) bond motifs is 1. The van der Waals surface area contributed by atoms with Gasteiger partial charge in [-0.1, -0.05) is 0 Å².